The van der Waals surface area contributed by atoms with Gasteiger partial charge in [0, 0.05) is 5.02 Å². The Labute approximate surface area is 161 Å². The van der Waals surface area contributed by atoms with Crippen LogP contribution < -0.4 is 10.1 Å². The zero-order valence-electron chi connectivity index (χ0n) is 16.2. The summed E-state index contributed by atoms with van der Waals surface area (Å²) in [5, 5.41) is 3.63. The molecular weight excluding hydrogens is 346 g/mol. The lowest BCUT2D eigenvalue weighted by Gasteiger charge is -2.22. The van der Waals surface area contributed by atoms with Crippen molar-refractivity contribution in [3.63, 3.8) is 0 Å². The monoisotopic (exact) mass is 373 g/mol. The van der Waals surface area contributed by atoms with E-state index in [1.165, 1.54) is 5.56 Å². The van der Waals surface area contributed by atoms with E-state index in [1.54, 1.807) is 18.2 Å². The molecule has 0 fully saturated rings. The molecule has 0 aliphatic carbocycles. The van der Waals surface area contributed by atoms with Crippen molar-refractivity contribution < 1.29 is 9.53 Å². The third kappa shape index (κ3) is 5.50. The molecular formula is C22H28ClNO2. The van der Waals surface area contributed by atoms with E-state index in [9.17, 15) is 4.79 Å². The third-order valence-electron chi connectivity index (χ3n) is 4.37. The van der Waals surface area contributed by atoms with Gasteiger partial charge in [-0.25, -0.2) is 0 Å². The van der Waals surface area contributed by atoms with E-state index in [2.05, 4.69) is 50.4 Å². The molecule has 26 heavy (non-hydrogen) atoms. The van der Waals surface area contributed by atoms with E-state index >= 15 is 0 Å². The first-order valence-electron chi connectivity index (χ1n) is 9.03. The second-order valence-electron chi connectivity index (χ2n) is 7.57. The Morgan fingerprint density at radius 2 is 1.81 bits per heavy atom. The number of halogens is 1. The maximum Gasteiger partial charge on any atom is 0.261 e. The van der Waals surface area contributed by atoms with Crippen molar-refractivity contribution >= 4 is 17.5 Å². The quantitative estimate of drug-likeness (QED) is 0.708. The topological polar surface area (TPSA) is 38.3 Å². The summed E-state index contributed by atoms with van der Waals surface area (Å²) in [4.78, 5) is 12.6. The first kappa shape index (κ1) is 20.3. The van der Waals surface area contributed by atoms with Crippen molar-refractivity contribution in [2.45, 2.75) is 58.6 Å². The number of hydrogen-bond donors (Lipinski definition) is 1. The second-order valence-corrected chi connectivity index (χ2v) is 8.01. The third-order valence-corrected chi connectivity index (χ3v) is 4.61. The Morgan fingerprint density at radius 3 is 2.35 bits per heavy atom. The van der Waals surface area contributed by atoms with Gasteiger partial charge in [-0.3, -0.25) is 4.79 Å². The van der Waals surface area contributed by atoms with E-state index in [0.717, 1.165) is 5.56 Å². The molecule has 0 aliphatic rings. The molecule has 2 rings (SSSR count). The van der Waals surface area contributed by atoms with E-state index in [1.807, 2.05) is 19.9 Å². The number of rotatable bonds is 6. The zero-order valence-corrected chi connectivity index (χ0v) is 16.9. The van der Waals surface area contributed by atoms with Gasteiger partial charge in [-0.1, -0.05) is 69.6 Å². The molecule has 3 nitrogen and oxygen atoms in total. The molecule has 1 N–H and O–H groups in total. The summed E-state index contributed by atoms with van der Waals surface area (Å²) in [5.74, 6) is 0.474. The first-order chi connectivity index (χ1) is 12.2. The second kappa shape index (κ2) is 8.59. The number of carbonyl (C=O) groups excluding carboxylic acids is 1. The molecule has 0 saturated heterocycles. The van der Waals surface area contributed by atoms with Gasteiger partial charge >= 0.3 is 0 Å². The molecule has 0 saturated carbocycles. The summed E-state index contributed by atoms with van der Waals surface area (Å²) < 4.78 is 5.81. The van der Waals surface area contributed by atoms with Crippen molar-refractivity contribution in [3.8, 4) is 5.75 Å². The lowest BCUT2D eigenvalue weighted by atomic mass is 9.86. The number of ether oxygens (including phenoxy) is 1. The van der Waals surface area contributed by atoms with Crippen molar-refractivity contribution in [2.75, 3.05) is 0 Å². The molecule has 0 bridgehead atoms. The van der Waals surface area contributed by atoms with Crippen LogP contribution in [-0.4, -0.2) is 12.0 Å². The summed E-state index contributed by atoms with van der Waals surface area (Å²) in [6.45, 7) is 10.5. The van der Waals surface area contributed by atoms with Crippen LogP contribution in [0.1, 0.15) is 58.2 Å². The molecule has 0 aromatic heterocycles. The van der Waals surface area contributed by atoms with Crippen molar-refractivity contribution in [3.05, 3.63) is 64.7 Å². The SMILES string of the molecule is CCC(Oc1cccc(Cl)c1)C(=O)NC(C)c1ccc(C(C)(C)C)cc1. The highest BCUT2D eigenvalue weighted by Gasteiger charge is 2.21. The van der Waals surface area contributed by atoms with Crippen LogP contribution in [0.3, 0.4) is 0 Å². The Morgan fingerprint density at radius 1 is 1.15 bits per heavy atom. The van der Waals surface area contributed by atoms with Gasteiger partial charge in [0.2, 0.25) is 0 Å². The van der Waals surface area contributed by atoms with Crippen LogP contribution in [-0.2, 0) is 10.2 Å². The number of amides is 1. The lowest BCUT2D eigenvalue weighted by molar-refractivity contribution is -0.128. The minimum atomic E-state index is -0.551. The van der Waals surface area contributed by atoms with Crippen molar-refractivity contribution in [1.29, 1.82) is 0 Å². The predicted molar refractivity (Wildman–Crippen MR) is 108 cm³/mol. The summed E-state index contributed by atoms with van der Waals surface area (Å²) >= 11 is 5.98. The van der Waals surface area contributed by atoms with Gasteiger partial charge in [0.1, 0.15) is 5.75 Å². The van der Waals surface area contributed by atoms with Crippen LogP contribution in [0.4, 0.5) is 0 Å². The van der Waals surface area contributed by atoms with Gasteiger partial charge in [-0.2, -0.15) is 0 Å². The maximum absolute atomic E-state index is 12.6. The smallest absolute Gasteiger partial charge is 0.261 e. The molecule has 0 aliphatic heterocycles. The highest BCUT2D eigenvalue weighted by Crippen LogP contribution is 2.24. The number of nitrogens with one attached hydrogen (secondary N) is 1. The normalized spacial score (nSPS) is 13.8. The highest BCUT2D eigenvalue weighted by atomic mass is 35.5. The van der Waals surface area contributed by atoms with Gasteiger partial charge in [-0.05, 0) is 48.1 Å². The van der Waals surface area contributed by atoms with E-state index in [4.69, 9.17) is 16.3 Å². The van der Waals surface area contributed by atoms with Crippen LogP contribution >= 0.6 is 11.6 Å². The molecule has 4 heteroatoms. The zero-order chi connectivity index (χ0) is 19.3. The molecule has 0 radical (unpaired) electrons. The van der Waals surface area contributed by atoms with Gasteiger partial charge in [0.05, 0.1) is 6.04 Å². The molecule has 2 unspecified atom stereocenters. The standard InChI is InChI=1S/C22H28ClNO2/c1-6-20(26-19-9-7-8-18(23)14-19)21(25)24-15(2)16-10-12-17(13-11-16)22(3,4)5/h7-15,20H,6H2,1-5H3,(H,24,25). The van der Waals surface area contributed by atoms with Crippen LogP contribution in [0.2, 0.25) is 5.02 Å². The van der Waals surface area contributed by atoms with Crippen molar-refractivity contribution in [2.24, 2.45) is 0 Å². The van der Waals surface area contributed by atoms with Crippen LogP contribution in [0.5, 0.6) is 5.75 Å². The fourth-order valence-corrected chi connectivity index (χ4v) is 2.87. The fourth-order valence-electron chi connectivity index (χ4n) is 2.69. The maximum atomic E-state index is 12.6. The molecule has 0 spiro atoms. The first-order valence-corrected chi connectivity index (χ1v) is 9.41. The minimum Gasteiger partial charge on any atom is -0.481 e. The van der Waals surface area contributed by atoms with Gasteiger partial charge in [-0.15, -0.1) is 0 Å². The van der Waals surface area contributed by atoms with E-state index < -0.39 is 6.10 Å². The average Bonchev–Trinajstić information content (AvgIpc) is 2.59. The van der Waals surface area contributed by atoms with Crippen LogP contribution in [0.25, 0.3) is 0 Å². The molecule has 1 amide bonds. The van der Waals surface area contributed by atoms with Crippen molar-refractivity contribution in [1.82, 2.24) is 5.32 Å². The largest absolute Gasteiger partial charge is 0.481 e. The molecule has 140 valence electrons. The van der Waals surface area contributed by atoms with Gasteiger partial charge in [0.25, 0.3) is 5.91 Å². The molecule has 2 aromatic carbocycles. The number of benzene rings is 2. The fraction of sp³-hybridized carbons (Fsp3) is 0.409. The highest BCUT2D eigenvalue weighted by molar-refractivity contribution is 6.30. The summed E-state index contributed by atoms with van der Waals surface area (Å²) in [6, 6.07) is 15.4. The lowest BCUT2D eigenvalue weighted by Crippen LogP contribution is -2.39. The summed E-state index contributed by atoms with van der Waals surface area (Å²) in [5.41, 5.74) is 2.46. The summed E-state index contributed by atoms with van der Waals surface area (Å²) in [6.07, 6.45) is 0.0263. The van der Waals surface area contributed by atoms with E-state index in [0.29, 0.717) is 17.2 Å². The Balaban J connectivity index is 2.02. The Hall–Kier alpha value is -2.00. The van der Waals surface area contributed by atoms with E-state index in [-0.39, 0.29) is 17.4 Å². The average molecular weight is 374 g/mol. The number of hydrogen-bond acceptors (Lipinski definition) is 2. The minimum absolute atomic E-state index is 0.0893. The Bertz CT molecular complexity index is 735. The predicted octanol–water partition coefficient (Wildman–Crippen LogP) is 5.67. The molecule has 0 heterocycles. The van der Waals surface area contributed by atoms with Gasteiger partial charge in [0.15, 0.2) is 6.10 Å². The molecule has 2 atom stereocenters. The Kier molecular flexibility index (Phi) is 6.71. The number of carbonyl (C=O) groups is 1. The van der Waals surface area contributed by atoms with Crippen LogP contribution in [0, 0.1) is 0 Å². The van der Waals surface area contributed by atoms with Gasteiger partial charge < -0.3 is 10.1 Å². The summed E-state index contributed by atoms with van der Waals surface area (Å²) in [7, 11) is 0. The molecule has 2 aromatic rings. The van der Waals surface area contributed by atoms with Crippen LogP contribution in [0.15, 0.2) is 48.5 Å².